The van der Waals surface area contributed by atoms with Crippen molar-refractivity contribution in [2.75, 3.05) is 13.7 Å². The molecule has 2 aliphatic rings. The van der Waals surface area contributed by atoms with E-state index in [2.05, 4.69) is 26.1 Å². The van der Waals surface area contributed by atoms with Gasteiger partial charge in [-0.2, -0.15) is 0 Å². The summed E-state index contributed by atoms with van der Waals surface area (Å²) in [4.78, 5) is 9.73. The predicted molar refractivity (Wildman–Crippen MR) is 83.1 cm³/mol. The van der Waals surface area contributed by atoms with Crippen molar-refractivity contribution >= 4 is 0 Å². The van der Waals surface area contributed by atoms with Crippen LogP contribution in [0.4, 0.5) is 0 Å². The molecular formula is C17H27N3O. The van der Waals surface area contributed by atoms with E-state index in [-0.39, 0.29) is 5.60 Å². The maximum absolute atomic E-state index is 5.96. The summed E-state index contributed by atoms with van der Waals surface area (Å²) in [6.07, 6.45) is 5.40. The molecule has 0 aromatic carbocycles. The third-order valence-electron chi connectivity index (χ3n) is 5.35. The van der Waals surface area contributed by atoms with Gasteiger partial charge >= 0.3 is 0 Å². The van der Waals surface area contributed by atoms with Gasteiger partial charge in [-0.05, 0) is 56.6 Å². The van der Waals surface area contributed by atoms with Gasteiger partial charge in [0, 0.05) is 19.3 Å². The summed E-state index contributed by atoms with van der Waals surface area (Å²) < 4.78 is 5.96. The topological polar surface area (TPSA) is 47.0 Å². The number of nitrogens with one attached hydrogen (secondary N) is 1. The Hall–Kier alpha value is -1.00. The van der Waals surface area contributed by atoms with E-state index in [0.29, 0.717) is 5.41 Å². The number of hydrogen-bond donors (Lipinski definition) is 1. The number of rotatable bonds is 2. The zero-order valence-electron chi connectivity index (χ0n) is 13.8. The number of methoxy groups -OCH3 is 1. The van der Waals surface area contributed by atoms with Gasteiger partial charge in [0.25, 0.3) is 0 Å². The van der Waals surface area contributed by atoms with Gasteiger partial charge in [-0.25, -0.2) is 9.97 Å². The molecule has 4 heteroatoms. The molecule has 1 aromatic heterocycles. The minimum Gasteiger partial charge on any atom is -0.370 e. The molecule has 1 fully saturated rings. The average Bonchev–Trinajstić information content (AvgIpc) is 2.48. The van der Waals surface area contributed by atoms with E-state index in [4.69, 9.17) is 14.7 Å². The standard InChI is InChI=1S/C17H27N3O/c1-12-13-5-10-18-11-14(13)20-15(19-12)17(21-4)8-6-16(2,3)7-9-17/h18H,5-11H2,1-4H3. The molecule has 0 saturated heterocycles. The van der Waals surface area contributed by atoms with Gasteiger partial charge < -0.3 is 10.1 Å². The molecule has 0 bridgehead atoms. The molecule has 3 rings (SSSR count). The second-order valence-corrected chi connectivity index (χ2v) is 7.35. The Kier molecular flexibility index (Phi) is 3.78. The fourth-order valence-electron chi connectivity index (χ4n) is 3.60. The number of nitrogens with zero attached hydrogens (tertiary/aromatic N) is 2. The molecule has 116 valence electrons. The zero-order chi connectivity index (χ0) is 15.1. The second-order valence-electron chi connectivity index (χ2n) is 7.35. The summed E-state index contributed by atoms with van der Waals surface area (Å²) in [6.45, 7) is 8.69. The minimum atomic E-state index is -0.285. The van der Waals surface area contributed by atoms with E-state index in [9.17, 15) is 0 Å². The van der Waals surface area contributed by atoms with E-state index in [1.165, 1.54) is 24.1 Å². The molecule has 21 heavy (non-hydrogen) atoms. The van der Waals surface area contributed by atoms with Crippen molar-refractivity contribution in [3.05, 3.63) is 22.8 Å². The molecule has 4 nitrogen and oxygen atoms in total. The third-order valence-corrected chi connectivity index (χ3v) is 5.35. The lowest BCUT2D eigenvalue weighted by molar-refractivity contribution is -0.0732. The Morgan fingerprint density at radius 3 is 2.48 bits per heavy atom. The first-order valence-corrected chi connectivity index (χ1v) is 8.09. The highest BCUT2D eigenvalue weighted by atomic mass is 16.5. The molecule has 1 saturated carbocycles. The highest BCUT2D eigenvalue weighted by Gasteiger charge is 2.42. The number of aryl methyl sites for hydroxylation is 1. The van der Waals surface area contributed by atoms with Gasteiger partial charge in [-0.3, -0.25) is 0 Å². The second kappa shape index (κ2) is 5.33. The lowest BCUT2D eigenvalue weighted by Gasteiger charge is -2.42. The first-order valence-electron chi connectivity index (χ1n) is 8.09. The summed E-state index contributed by atoms with van der Waals surface area (Å²) in [5.41, 5.74) is 3.77. The van der Waals surface area contributed by atoms with E-state index >= 15 is 0 Å². The Morgan fingerprint density at radius 2 is 1.81 bits per heavy atom. The van der Waals surface area contributed by atoms with Crippen molar-refractivity contribution in [3.63, 3.8) is 0 Å². The Bertz CT molecular complexity index is 529. The van der Waals surface area contributed by atoms with Crippen LogP contribution in [0.25, 0.3) is 0 Å². The molecule has 1 aliphatic carbocycles. The lowest BCUT2D eigenvalue weighted by atomic mass is 9.70. The molecule has 0 spiro atoms. The molecule has 1 N–H and O–H groups in total. The van der Waals surface area contributed by atoms with E-state index in [1.54, 1.807) is 0 Å². The highest BCUT2D eigenvalue weighted by Crippen LogP contribution is 2.46. The monoisotopic (exact) mass is 289 g/mol. The summed E-state index contributed by atoms with van der Waals surface area (Å²) >= 11 is 0. The smallest absolute Gasteiger partial charge is 0.160 e. The van der Waals surface area contributed by atoms with Crippen LogP contribution in [0.2, 0.25) is 0 Å². The van der Waals surface area contributed by atoms with Crippen LogP contribution in [-0.4, -0.2) is 23.6 Å². The first kappa shape index (κ1) is 14.9. The Labute approximate surface area is 127 Å². The maximum Gasteiger partial charge on any atom is 0.160 e. The zero-order valence-corrected chi connectivity index (χ0v) is 13.8. The maximum atomic E-state index is 5.96. The number of aromatic nitrogens is 2. The molecule has 0 atom stereocenters. The summed E-state index contributed by atoms with van der Waals surface area (Å²) in [7, 11) is 1.81. The van der Waals surface area contributed by atoms with Crippen LogP contribution in [0.1, 0.15) is 62.3 Å². The van der Waals surface area contributed by atoms with E-state index in [0.717, 1.165) is 43.9 Å². The SMILES string of the molecule is COC1(c2nc(C)c3c(n2)CNCC3)CCC(C)(C)CC1. The van der Waals surface area contributed by atoms with Crippen molar-refractivity contribution in [1.82, 2.24) is 15.3 Å². The number of hydrogen-bond acceptors (Lipinski definition) is 4. The molecule has 1 aliphatic heterocycles. The summed E-state index contributed by atoms with van der Waals surface area (Å²) in [6, 6.07) is 0. The number of fused-ring (bicyclic) bond motifs is 1. The van der Waals surface area contributed by atoms with Gasteiger partial charge in [0.05, 0.1) is 5.69 Å². The van der Waals surface area contributed by atoms with Crippen molar-refractivity contribution < 1.29 is 4.74 Å². The third kappa shape index (κ3) is 2.71. The number of ether oxygens (including phenoxy) is 1. The van der Waals surface area contributed by atoms with E-state index < -0.39 is 0 Å². The van der Waals surface area contributed by atoms with Gasteiger partial charge in [0.1, 0.15) is 5.60 Å². The van der Waals surface area contributed by atoms with Crippen molar-refractivity contribution in [1.29, 1.82) is 0 Å². The van der Waals surface area contributed by atoms with Crippen molar-refractivity contribution in [3.8, 4) is 0 Å². The highest BCUT2D eigenvalue weighted by molar-refractivity contribution is 5.29. The first-order chi connectivity index (χ1) is 9.96. The predicted octanol–water partition coefficient (Wildman–Crippen LogP) is 2.87. The Balaban J connectivity index is 1.96. The van der Waals surface area contributed by atoms with Crippen molar-refractivity contribution in [2.45, 2.75) is 65.0 Å². The average molecular weight is 289 g/mol. The fourth-order valence-corrected chi connectivity index (χ4v) is 3.60. The lowest BCUT2D eigenvalue weighted by Crippen LogP contribution is -2.39. The minimum absolute atomic E-state index is 0.285. The van der Waals surface area contributed by atoms with Crippen LogP contribution < -0.4 is 5.32 Å². The Morgan fingerprint density at radius 1 is 1.10 bits per heavy atom. The fraction of sp³-hybridized carbons (Fsp3) is 0.765. The van der Waals surface area contributed by atoms with Gasteiger partial charge in [0.2, 0.25) is 0 Å². The van der Waals surface area contributed by atoms with Crippen LogP contribution in [0.15, 0.2) is 0 Å². The van der Waals surface area contributed by atoms with Gasteiger partial charge in [-0.1, -0.05) is 13.8 Å². The normalized spacial score (nSPS) is 23.6. The van der Waals surface area contributed by atoms with Gasteiger partial charge in [-0.15, -0.1) is 0 Å². The van der Waals surface area contributed by atoms with Crippen LogP contribution in [0.3, 0.4) is 0 Å². The van der Waals surface area contributed by atoms with Crippen molar-refractivity contribution in [2.24, 2.45) is 5.41 Å². The molecule has 0 unspecified atom stereocenters. The largest absolute Gasteiger partial charge is 0.370 e. The molecule has 0 amide bonds. The molecule has 2 heterocycles. The molecule has 1 aromatic rings. The van der Waals surface area contributed by atoms with Crippen LogP contribution >= 0.6 is 0 Å². The van der Waals surface area contributed by atoms with Crippen LogP contribution in [0.5, 0.6) is 0 Å². The quantitative estimate of drug-likeness (QED) is 0.909. The van der Waals surface area contributed by atoms with Crippen LogP contribution in [-0.2, 0) is 23.3 Å². The van der Waals surface area contributed by atoms with E-state index in [1.807, 2.05) is 7.11 Å². The molecular weight excluding hydrogens is 262 g/mol. The van der Waals surface area contributed by atoms with Crippen LogP contribution in [0, 0.1) is 12.3 Å². The summed E-state index contributed by atoms with van der Waals surface area (Å²) in [5.74, 6) is 0.903. The van der Waals surface area contributed by atoms with Gasteiger partial charge in [0.15, 0.2) is 5.82 Å². The molecule has 0 radical (unpaired) electrons. The summed E-state index contributed by atoms with van der Waals surface area (Å²) in [5, 5.41) is 3.41.